The van der Waals surface area contributed by atoms with Gasteiger partial charge in [0.15, 0.2) is 0 Å². The first-order valence-electron chi connectivity index (χ1n) is 7.06. The second kappa shape index (κ2) is 4.90. The third-order valence-corrected chi connectivity index (χ3v) is 4.46. The van der Waals surface area contributed by atoms with Crippen LogP contribution in [0.4, 0.5) is 5.82 Å². The molecule has 0 aliphatic carbocycles. The minimum Gasteiger partial charge on any atom is -0.372 e. The van der Waals surface area contributed by atoms with Gasteiger partial charge in [-0.1, -0.05) is 22.0 Å². The van der Waals surface area contributed by atoms with Crippen LogP contribution in [0.25, 0.3) is 5.69 Å². The molecule has 0 saturated carbocycles. The summed E-state index contributed by atoms with van der Waals surface area (Å²) in [5.74, 6) is 1.13. The monoisotopic (exact) mass is 333 g/mol. The molecule has 4 nitrogen and oxygen atoms in total. The topological polar surface area (TPSA) is 39.1 Å². The van der Waals surface area contributed by atoms with Crippen molar-refractivity contribution in [2.24, 2.45) is 0 Å². The lowest BCUT2D eigenvalue weighted by Gasteiger charge is -2.08. The van der Waals surface area contributed by atoms with E-state index in [1.807, 2.05) is 16.8 Å². The van der Waals surface area contributed by atoms with Crippen molar-refractivity contribution in [3.8, 4) is 5.69 Å². The number of anilines is 1. The molecule has 3 heterocycles. The van der Waals surface area contributed by atoms with Crippen LogP contribution in [-0.4, -0.2) is 22.9 Å². The maximum Gasteiger partial charge on any atom is 0.133 e. The first-order valence-corrected chi connectivity index (χ1v) is 7.85. The third kappa shape index (κ3) is 1.96. The number of hydrogen-bond donors (Lipinski definition) is 1. The molecule has 20 heavy (non-hydrogen) atoms. The second-order valence-electron chi connectivity index (χ2n) is 5.28. The summed E-state index contributed by atoms with van der Waals surface area (Å²) in [5.41, 5.74) is 3.54. The molecule has 0 radical (unpaired) electrons. The van der Waals surface area contributed by atoms with Gasteiger partial charge in [0.05, 0.1) is 11.4 Å². The molecule has 104 valence electrons. The lowest BCUT2D eigenvalue weighted by Crippen LogP contribution is -2.06. The van der Waals surface area contributed by atoms with Crippen molar-refractivity contribution in [3.63, 3.8) is 0 Å². The van der Waals surface area contributed by atoms with E-state index in [-0.39, 0.29) is 6.10 Å². The van der Waals surface area contributed by atoms with Gasteiger partial charge in [-0.3, -0.25) is 0 Å². The maximum absolute atomic E-state index is 5.82. The number of benzene rings is 1. The quantitative estimate of drug-likeness (QED) is 0.914. The number of hydrogen-bond acceptors (Lipinski definition) is 3. The summed E-state index contributed by atoms with van der Waals surface area (Å²) in [4.78, 5) is 0. The Balaban J connectivity index is 1.82. The largest absolute Gasteiger partial charge is 0.372 e. The van der Waals surface area contributed by atoms with E-state index in [0.717, 1.165) is 54.1 Å². The summed E-state index contributed by atoms with van der Waals surface area (Å²) in [6, 6.07) is 8.24. The van der Waals surface area contributed by atoms with Crippen LogP contribution in [0.3, 0.4) is 0 Å². The molecule has 0 bridgehead atoms. The summed E-state index contributed by atoms with van der Waals surface area (Å²) < 4.78 is 8.91. The highest BCUT2D eigenvalue weighted by molar-refractivity contribution is 9.10. The van der Waals surface area contributed by atoms with Crippen LogP contribution in [0.5, 0.6) is 0 Å². The predicted octanol–water partition coefficient (Wildman–Crippen LogP) is 3.45. The third-order valence-electron chi connectivity index (χ3n) is 3.97. The van der Waals surface area contributed by atoms with Crippen molar-refractivity contribution in [2.45, 2.75) is 25.4 Å². The summed E-state index contributed by atoms with van der Waals surface area (Å²) >= 11 is 3.53. The molecular weight excluding hydrogens is 318 g/mol. The van der Waals surface area contributed by atoms with Gasteiger partial charge in [-0.15, -0.1) is 0 Å². The highest BCUT2D eigenvalue weighted by Crippen LogP contribution is 2.37. The van der Waals surface area contributed by atoms with E-state index in [9.17, 15) is 0 Å². The van der Waals surface area contributed by atoms with Gasteiger partial charge in [-0.05, 0) is 37.5 Å². The number of rotatable bonds is 2. The Morgan fingerprint density at radius 2 is 2.35 bits per heavy atom. The fraction of sp³-hybridized carbons (Fsp3) is 0.400. The highest BCUT2D eigenvalue weighted by Gasteiger charge is 2.30. The molecule has 0 spiro atoms. The maximum atomic E-state index is 5.82. The predicted molar refractivity (Wildman–Crippen MR) is 81.4 cm³/mol. The summed E-state index contributed by atoms with van der Waals surface area (Å²) in [7, 11) is 0. The molecule has 2 aromatic rings. The van der Waals surface area contributed by atoms with Crippen LogP contribution in [0.1, 0.15) is 30.2 Å². The van der Waals surface area contributed by atoms with Crippen molar-refractivity contribution < 1.29 is 4.74 Å². The van der Waals surface area contributed by atoms with Gasteiger partial charge >= 0.3 is 0 Å². The van der Waals surface area contributed by atoms with E-state index in [1.54, 1.807) is 0 Å². The summed E-state index contributed by atoms with van der Waals surface area (Å²) in [5, 5.41) is 8.29. The van der Waals surface area contributed by atoms with E-state index in [1.165, 1.54) is 5.56 Å². The van der Waals surface area contributed by atoms with Gasteiger partial charge < -0.3 is 10.1 Å². The number of ether oxygens (including phenoxy) is 1. The molecule has 1 atom stereocenters. The number of halogens is 1. The lowest BCUT2D eigenvalue weighted by molar-refractivity contribution is 0.107. The Labute approximate surface area is 126 Å². The Morgan fingerprint density at radius 3 is 3.15 bits per heavy atom. The van der Waals surface area contributed by atoms with E-state index in [2.05, 4.69) is 33.4 Å². The van der Waals surface area contributed by atoms with Crippen molar-refractivity contribution in [1.29, 1.82) is 0 Å². The van der Waals surface area contributed by atoms with Gasteiger partial charge in [0.25, 0.3) is 0 Å². The molecule has 1 fully saturated rings. The summed E-state index contributed by atoms with van der Waals surface area (Å²) in [6.07, 6.45) is 3.44. The molecule has 0 amide bonds. The number of nitrogens with one attached hydrogen (secondary N) is 1. The fourth-order valence-electron chi connectivity index (χ4n) is 3.05. The Morgan fingerprint density at radius 1 is 1.40 bits per heavy atom. The van der Waals surface area contributed by atoms with Crippen LogP contribution < -0.4 is 5.32 Å². The van der Waals surface area contributed by atoms with Crippen LogP contribution in [0, 0.1) is 0 Å². The van der Waals surface area contributed by atoms with Gasteiger partial charge in [0.1, 0.15) is 11.9 Å². The number of aromatic nitrogens is 2. The Bertz CT molecular complexity index is 647. The second-order valence-corrected chi connectivity index (χ2v) is 6.20. The van der Waals surface area contributed by atoms with Crippen LogP contribution in [-0.2, 0) is 11.2 Å². The molecule has 1 unspecified atom stereocenters. The average Bonchev–Trinajstić information content (AvgIpc) is 3.15. The van der Waals surface area contributed by atoms with Crippen molar-refractivity contribution >= 4 is 21.7 Å². The van der Waals surface area contributed by atoms with Crippen molar-refractivity contribution in [1.82, 2.24) is 9.78 Å². The molecule has 2 aliphatic heterocycles. The zero-order chi connectivity index (χ0) is 13.5. The molecule has 1 saturated heterocycles. The van der Waals surface area contributed by atoms with Crippen LogP contribution >= 0.6 is 15.9 Å². The van der Waals surface area contributed by atoms with Crippen molar-refractivity contribution in [3.05, 3.63) is 40.0 Å². The van der Waals surface area contributed by atoms with E-state index < -0.39 is 0 Å². The fourth-order valence-corrected chi connectivity index (χ4v) is 3.44. The zero-order valence-corrected chi connectivity index (χ0v) is 12.7. The normalized spacial score (nSPS) is 20.9. The lowest BCUT2D eigenvalue weighted by atomic mass is 10.1. The van der Waals surface area contributed by atoms with Crippen LogP contribution in [0.15, 0.2) is 28.7 Å². The van der Waals surface area contributed by atoms with Crippen LogP contribution in [0.2, 0.25) is 0 Å². The first kappa shape index (κ1) is 12.4. The molecule has 1 aromatic carbocycles. The molecule has 1 N–H and O–H groups in total. The number of nitrogens with zero attached hydrogens (tertiary/aromatic N) is 2. The van der Waals surface area contributed by atoms with Gasteiger partial charge in [-0.25, -0.2) is 4.68 Å². The average molecular weight is 334 g/mol. The smallest absolute Gasteiger partial charge is 0.133 e. The van der Waals surface area contributed by atoms with E-state index in [0.29, 0.717) is 0 Å². The van der Waals surface area contributed by atoms with Gasteiger partial charge in [0.2, 0.25) is 0 Å². The van der Waals surface area contributed by atoms with Crippen molar-refractivity contribution in [2.75, 3.05) is 18.5 Å². The highest BCUT2D eigenvalue weighted by atomic mass is 79.9. The SMILES string of the molecule is Brc1cccc(-n2nc(C3CCCO3)c3c2NCC3)c1. The molecular formula is C15H16BrN3O. The molecule has 5 heteroatoms. The molecule has 1 aromatic heterocycles. The molecule has 2 aliphatic rings. The first-order chi connectivity index (χ1) is 9.83. The minimum absolute atomic E-state index is 0.178. The number of fused-ring (bicyclic) bond motifs is 1. The van der Waals surface area contributed by atoms with E-state index in [4.69, 9.17) is 9.84 Å². The van der Waals surface area contributed by atoms with Gasteiger partial charge in [0, 0.05) is 23.2 Å². The summed E-state index contributed by atoms with van der Waals surface area (Å²) in [6.45, 7) is 1.84. The van der Waals surface area contributed by atoms with Gasteiger partial charge in [-0.2, -0.15) is 5.10 Å². The molecule has 4 rings (SSSR count). The Kier molecular flexibility index (Phi) is 3.04. The zero-order valence-electron chi connectivity index (χ0n) is 11.1. The minimum atomic E-state index is 0.178. The standard InChI is InChI=1S/C15H16BrN3O/c16-10-3-1-4-11(9-10)19-15-12(6-7-17-15)14(18-19)13-5-2-8-20-13/h1,3-4,9,13,17H,2,5-8H2. The Hall–Kier alpha value is -1.33. The van der Waals surface area contributed by atoms with E-state index >= 15 is 0 Å².